The fourth-order valence-corrected chi connectivity index (χ4v) is 7.19. The number of rotatable bonds is 6. The topological polar surface area (TPSA) is 51.8 Å². The summed E-state index contributed by atoms with van der Waals surface area (Å²) in [4.78, 5) is 15.4. The summed E-state index contributed by atoms with van der Waals surface area (Å²) >= 11 is 0. The van der Waals surface area contributed by atoms with Crippen molar-refractivity contribution >= 4 is 32.7 Å². The second-order valence-corrected chi connectivity index (χ2v) is 13.3. The zero-order chi connectivity index (χ0) is 35.1. The van der Waals surface area contributed by atoms with Gasteiger partial charge in [0.05, 0.1) is 5.56 Å². The Morgan fingerprint density at radius 1 is 0.302 bits per heavy atom. The van der Waals surface area contributed by atoms with Gasteiger partial charge in [0.2, 0.25) is 0 Å². The van der Waals surface area contributed by atoms with E-state index in [2.05, 4.69) is 146 Å². The van der Waals surface area contributed by atoms with E-state index in [1.165, 1.54) is 11.1 Å². The van der Waals surface area contributed by atoms with Crippen LogP contribution in [0.1, 0.15) is 0 Å². The number of aromatic nitrogens is 3. The molecule has 0 spiro atoms. The van der Waals surface area contributed by atoms with E-state index < -0.39 is 0 Å². The van der Waals surface area contributed by atoms with Crippen LogP contribution in [0.5, 0.6) is 0 Å². The predicted octanol–water partition coefficient (Wildman–Crippen LogP) is 12.9. The van der Waals surface area contributed by atoms with Crippen molar-refractivity contribution in [2.45, 2.75) is 0 Å². The molecule has 53 heavy (non-hydrogen) atoms. The van der Waals surface area contributed by atoms with Crippen molar-refractivity contribution in [3.63, 3.8) is 0 Å². The molecular weight excluding hydrogens is 647 g/mol. The van der Waals surface area contributed by atoms with E-state index in [-0.39, 0.29) is 0 Å². The Balaban J connectivity index is 1.21. The molecule has 0 atom stereocenters. The van der Waals surface area contributed by atoms with Crippen LogP contribution in [0.2, 0.25) is 0 Å². The van der Waals surface area contributed by atoms with Crippen LogP contribution < -0.4 is 0 Å². The maximum Gasteiger partial charge on any atom is 0.167 e. The third-order valence-corrected chi connectivity index (χ3v) is 9.90. The van der Waals surface area contributed by atoms with Crippen LogP contribution in [0, 0.1) is 0 Å². The molecule has 2 aromatic heterocycles. The fourth-order valence-electron chi connectivity index (χ4n) is 7.19. The number of hydrogen-bond donors (Lipinski definition) is 0. The van der Waals surface area contributed by atoms with Crippen molar-refractivity contribution in [1.29, 1.82) is 0 Å². The molecule has 4 heteroatoms. The third kappa shape index (κ3) is 5.73. The first-order valence-corrected chi connectivity index (χ1v) is 17.8. The predicted molar refractivity (Wildman–Crippen MR) is 217 cm³/mol. The number of fused-ring (bicyclic) bond motifs is 4. The average molecular weight is 678 g/mol. The molecule has 0 saturated carbocycles. The van der Waals surface area contributed by atoms with Crippen molar-refractivity contribution in [3.05, 3.63) is 188 Å². The lowest BCUT2D eigenvalue weighted by atomic mass is 9.96. The lowest BCUT2D eigenvalue weighted by molar-refractivity contribution is 0.670. The quantitative estimate of drug-likeness (QED) is 0.176. The maximum atomic E-state index is 6.78. The molecule has 0 aliphatic rings. The molecule has 0 fully saturated rings. The maximum absolute atomic E-state index is 6.78. The van der Waals surface area contributed by atoms with Gasteiger partial charge in [-0.1, -0.05) is 158 Å². The number of hydrogen-bond acceptors (Lipinski definition) is 4. The van der Waals surface area contributed by atoms with E-state index in [0.717, 1.165) is 71.7 Å². The Morgan fingerprint density at radius 2 is 0.792 bits per heavy atom. The van der Waals surface area contributed by atoms with Crippen molar-refractivity contribution in [3.8, 4) is 67.5 Å². The fraction of sp³-hybridized carbons (Fsp3) is 0. The van der Waals surface area contributed by atoms with Gasteiger partial charge in [-0.2, -0.15) is 0 Å². The molecule has 0 N–H and O–H groups in total. The molecule has 0 amide bonds. The molecule has 10 rings (SSSR count). The van der Waals surface area contributed by atoms with Gasteiger partial charge in [-0.15, -0.1) is 0 Å². The lowest BCUT2D eigenvalue weighted by Crippen LogP contribution is -2.00. The summed E-state index contributed by atoms with van der Waals surface area (Å²) in [6, 6.07) is 65.2. The van der Waals surface area contributed by atoms with Crippen molar-refractivity contribution < 1.29 is 4.42 Å². The highest BCUT2D eigenvalue weighted by molar-refractivity contribution is 6.14. The van der Waals surface area contributed by atoms with Crippen LogP contribution in [-0.2, 0) is 0 Å². The summed E-state index contributed by atoms with van der Waals surface area (Å²) in [6.07, 6.45) is 0. The van der Waals surface area contributed by atoms with Crippen molar-refractivity contribution in [2.75, 3.05) is 0 Å². The van der Waals surface area contributed by atoms with Crippen molar-refractivity contribution in [2.24, 2.45) is 0 Å². The van der Waals surface area contributed by atoms with Gasteiger partial charge in [-0.25, -0.2) is 15.0 Å². The zero-order valence-electron chi connectivity index (χ0n) is 28.6. The van der Waals surface area contributed by atoms with E-state index in [0.29, 0.717) is 17.5 Å². The van der Waals surface area contributed by atoms with E-state index in [4.69, 9.17) is 19.4 Å². The Labute approximate surface area is 306 Å². The Kier molecular flexibility index (Phi) is 7.43. The van der Waals surface area contributed by atoms with Gasteiger partial charge in [0, 0.05) is 21.9 Å². The van der Waals surface area contributed by atoms with E-state index in [1.807, 2.05) is 42.5 Å². The first kappa shape index (κ1) is 30.6. The summed E-state index contributed by atoms with van der Waals surface area (Å²) < 4.78 is 6.78. The molecule has 0 unspecified atom stereocenters. The number of benzene rings is 8. The van der Waals surface area contributed by atoms with Crippen LogP contribution in [0.15, 0.2) is 192 Å². The van der Waals surface area contributed by atoms with Gasteiger partial charge in [-0.3, -0.25) is 0 Å². The van der Waals surface area contributed by atoms with Crippen LogP contribution >= 0.6 is 0 Å². The van der Waals surface area contributed by atoms with E-state index >= 15 is 0 Å². The molecule has 0 aliphatic carbocycles. The summed E-state index contributed by atoms with van der Waals surface area (Å²) in [7, 11) is 0. The molecule has 0 aliphatic heterocycles. The first-order valence-electron chi connectivity index (χ1n) is 17.8. The third-order valence-electron chi connectivity index (χ3n) is 9.90. The zero-order valence-corrected chi connectivity index (χ0v) is 28.6. The second-order valence-electron chi connectivity index (χ2n) is 13.3. The van der Waals surface area contributed by atoms with E-state index in [9.17, 15) is 0 Å². The summed E-state index contributed by atoms with van der Waals surface area (Å²) in [5.74, 6) is 1.75. The smallest absolute Gasteiger partial charge is 0.167 e. The highest BCUT2D eigenvalue weighted by Crippen LogP contribution is 2.41. The normalized spacial score (nSPS) is 11.4. The molecular formula is C49H31N3O. The molecule has 248 valence electrons. The number of furan rings is 1. The highest BCUT2D eigenvalue weighted by atomic mass is 16.3. The lowest BCUT2D eigenvalue weighted by Gasteiger charge is -2.11. The van der Waals surface area contributed by atoms with Crippen molar-refractivity contribution in [1.82, 2.24) is 15.0 Å². The Bertz CT molecular complexity index is 2920. The summed E-state index contributed by atoms with van der Waals surface area (Å²) in [6.45, 7) is 0. The summed E-state index contributed by atoms with van der Waals surface area (Å²) in [5, 5.41) is 4.36. The van der Waals surface area contributed by atoms with Gasteiger partial charge >= 0.3 is 0 Å². The molecule has 0 bridgehead atoms. The second kappa shape index (κ2) is 12.9. The van der Waals surface area contributed by atoms with Gasteiger partial charge in [-0.05, 0) is 74.5 Å². The van der Waals surface area contributed by atoms with Crippen LogP contribution in [0.3, 0.4) is 0 Å². The molecule has 2 heterocycles. The van der Waals surface area contributed by atoms with Gasteiger partial charge < -0.3 is 4.42 Å². The van der Waals surface area contributed by atoms with Crippen LogP contribution in [0.25, 0.3) is 100 Å². The van der Waals surface area contributed by atoms with Gasteiger partial charge in [0.15, 0.2) is 17.5 Å². The van der Waals surface area contributed by atoms with Gasteiger partial charge in [0.25, 0.3) is 0 Å². The molecule has 8 aromatic carbocycles. The molecule has 4 nitrogen and oxygen atoms in total. The molecule has 0 saturated heterocycles. The van der Waals surface area contributed by atoms with Crippen LogP contribution in [0.4, 0.5) is 0 Å². The van der Waals surface area contributed by atoms with Gasteiger partial charge in [0.1, 0.15) is 11.2 Å². The van der Waals surface area contributed by atoms with Crippen LogP contribution in [-0.4, -0.2) is 15.0 Å². The monoisotopic (exact) mass is 677 g/mol. The Morgan fingerprint density at radius 3 is 1.47 bits per heavy atom. The summed E-state index contributed by atoms with van der Waals surface area (Å²) in [5.41, 5.74) is 10.9. The standard InChI is InChI=1S/C49H31N3O/c1-4-13-32(14-5-1)34-23-25-35(26-24-34)41-29-43-42-28-38-19-10-11-20-39(38)31-45(42)53-46(43)44(30-41)49-51-47(36-17-8-3-9-18-36)50-48(52-49)40-22-12-21-37(27-40)33-15-6-2-7-16-33/h1-31H. The highest BCUT2D eigenvalue weighted by Gasteiger charge is 2.20. The van der Waals surface area contributed by atoms with E-state index in [1.54, 1.807) is 0 Å². The number of nitrogens with zero attached hydrogens (tertiary/aromatic N) is 3. The minimum absolute atomic E-state index is 0.551. The largest absolute Gasteiger partial charge is 0.455 e. The molecule has 10 aromatic rings. The molecule has 0 radical (unpaired) electrons. The SMILES string of the molecule is c1ccc(-c2ccc(-c3cc(-c4nc(-c5ccccc5)nc(-c5cccc(-c6ccccc6)c5)n4)c4oc5cc6ccccc6cc5c4c3)cc2)cc1. The Hall–Kier alpha value is -7.17. The first-order chi connectivity index (χ1) is 26.2. The average Bonchev–Trinajstić information content (AvgIpc) is 3.60. The minimum atomic E-state index is 0.551. The minimum Gasteiger partial charge on any atom is -0.455 e.